The van der Waals surface area contributed by atoms with E-state index < -0.39 is 0 Å². The van der Waals surface area contributed by atoms with Crippen LogP contribution in [-0.2, 0) is 21.3 Å². The Morgan fingerprint density at radius 3 is 2.76 bits per heavy atom. The quantitative estimate of drug-likeness (QED) is 0.634. The Morgan fingerprint density at radius 1 is 1.53 bits per heavy atom. The summed E-state index contributed by atoms with van der Waals surface area (Å²) in [5.41, 5.74) is 3.36. The zero-order valence-corrected chi connectivity index (χ0v) is 11.5. The summed E-state index contributed by atoms with van der Waals surface area (Å²) in [6.07, 6.45) is 0.250. The zero-order chi connectivity index (χ0) is 12.8. The predicted octanol–water partition coefficient (Wildman–Crippen LogP) is 2.87. The fraction of sp³-hybridized carbons (Fsp3) is 0.385. The topological polar surface area (TPSA) is 50.1 Å². The second-order valence-corrected chi connectivity index (χ2v) is 4.23. The van der Waals surface area contributed by atoms with Crippen LogP contribution in [0.4, 0.5) is 0 Å². The van der Waals surface area contributed by atoms with Crippen LogP contribution >= 0.6 is 15.9 Å². The molecule has 0 N–H and O–H groups in total. The Hall–Kier alpha value is -1.34. The molecule has 0 spiro atoms. The summed E-state index contributed by atoms with van der Waals surface area (Å²) in [5, 5.41) is 9.63. The van der Waals surface area contributed by atoms with E-state index in [1.54, 1.807) is 6.92 Å². The molecule has 17 heavy (non-hydrogen) atoms. The molecule has 1 rings (SSSR count). The second kappa shape index (κ2) is 6.41. The van der Waals surface area contributed by atoms with E-state index in [1.165, 1.54) is 0 Å². The Labute approximate surface area is 110 Å². The molecule has 3 nitrogen and oxygen atoms in total. The predicted molar refractivity (Wildman–Crippen MR) is 68.9 cm³/mol. The van der Waals surface area contributed by atoms with E-state index >= 15 is 0 Å². The summed E-state index contributed by atoms with van der Waals surface area (Å²) in [6, 6.07) is 5.91. The van der Waals surface area contributed by atoms with E-state index in [0.29, 0.717) is 17.5 Å². The molecule has 0 amide bonds. The number of hydrogen-bond acceptors (Lipinski definition) is 3. The number of hydrogen-bond donors (Lipinski definition) is 0. The van der Waals surface area contributed by atoms with E-state index in [9.17, 15) is 4.79 Å². The number of rotatable bonds is 4. The maximum Gasteiger partial charge on any atom is 0.310 e. The number of carbonyl (C=O) groups is 1. The molecule has 0 aliphatic carbocycles. The SMILES string of the molecule is CCOC(=O)Cc1cc(C)c(C#N)c(CBr)c1. The molecule has 0 saturated heterocycles. The van der Waals surface area contributed by atoms with Gasteiger partial charge in [0.2, 0.25) is 0 Å². The van der Waals surface area contributed by atoms with Gasteiger partial charge in [-0.25, -0.2) is 0 Å². The third-order valence-corrected chi connectivity index (χ3v) is 2.99. The van der Waals surface area contributed by atoms with Crippen LogP contribution in [0.15, 0.2) is 12.1 Å². The maximum absolute atomic E-state index is 11.4. The van der Waals surface area contributed by atoms with E-state index in [1.807, 2.05) is 19.1 Å². The summed E-state index contributed by atoms with van der Waals surface area (Å²) < 4.78 is 4.90. The number of benzene rings is 1. The molecular formula is C13H14BrNO2. The summed E-state index contributed by atoms with van der Waals surface area (Å²) in [7, 11) is 0. The second-order valence-electron chi connectivity index (χ2n) is 3.67. The number of nitriles is 1. The van der Waals surface area contributed by atoms with Gasteiger partial charge < -0.3 is 4.74 Å². The molecule has 0 radical (unpaired) electrons. The number of alkyl halides is 1. The molecule has 1 aromatic carbocycles. The summed E-state index contributed by atoms with van der Waals surface area (Å²) in [6.45, 7) is 4.05. The van der Waals surface area contributed by atoms with Gasteiger partial charge in [-0.1, -0.05) is 28.1 Å². The van der Waals surface area contributed by atoms with Crippen LogP contribution in [0.2, 0.25) is 0 Å². The first kappa shape index (κ1) is 13.7. The van der Waals surface area contributed by atoms with Crippen molar-refractivity contribution in [2.75, 3.05) is 6.61 Å². The Bertz CT molecular complexity index is 463. The van der Waals surface area contributed by atoms with Gasteiger partial charge in [0.05, 0.1) is 24.7 Å². The first-order valence-corrected chi connectivity index (χ1v) is 6.48. The van der Waals surface area contributed by atoms with E-state index in [2.05, 4.69) is 22.0 Å². The third-order valence-electron chi connectivity index (χ3n) is 2.39. The van der Waals surface area contributed by atoms with Crippen molar-refractivity contribution >= 4 is 21.9 Å². The number of ether oxygens (including phenoxy) is 1. The molecule has 0 aliphatic rings. The Kier molecular flexibility index (Phi) is 5.17. The van der Waals surface area contributed by atoms with Gasteiger partial charge in [0.15, 0.2) is 0 Å². The standard InChI is InChI=1S/C13H14BrNO2/c1-3-17-13(16)6-10-4-9(2)12(8-15)11(5-10)7-14/h4-5H,3,6-7H2,1-2H3. The fourth-order valence-electron chi connectivity index (χ4n) is 1.69. The molecule has 4 heteroatoms. The smallest absolute Gasteiger partial charge is 0.310 e. The van der Waals surface area contributed by atoms with Gasteiger partial charge in [0.1, 0.15) is 0 Å². The van der Waals surface area contributed by atoms with Gasteiger partial charge in [-0.15, -0.1) is 0 Å². The van der Waals surface area contributed by atoms with Gasteiger partial charge in [-0.3, -0.25) is 4.79 Å². The molecule has 0 fully saturated rings. The first-order chi connectivity index (χ1) is 8.12. The lowest BCUT2D eigenvalue weighted by Gasteiger charge is -2.08. The highest BCUT2D eigenvalue weighted by Gasteiger charge is 2.10. The van der Waals surface area contributed by atoms with Gasteiger partial charge in [-0.05, 0) is 30.5 Å². The van der Waals surface area contributed by atoms with Crippen LogP contribution in [0, 0.1) is 18.3 Å². The van der Waals surface area contributed by atoms with Crippen molar-refractivity contribution in [3.8, 4) is 6.07 Å². The minimum Gasteiger partial charge on any atom is -0.466 e. The third kappa shape index (κ3) is 3.57. The molecule has 0 atom stereocenters. The van der Waals surface area contributed by atoms with Crippen LogP contribution in [-0.4, -0.2) is 12.6 Å². The van der Waals surface area contributed by atoms with Crippen molar-refractivity contribution in [2.45, 2.75) is 25.6 Å². The lowest BCUT2D eigenvalue weighted by atomic mass is 9.99. The maximum atomic E-state index is 11.4. The number of carbonyl (C=O) groups excluding carboxylic acids is 1. The summed E-state index contributed by atoms with van der Waals surface area (Å²) in [4.78, 5) is 11.4. The highest BCUT2D eigenvalue weighted by atomic mass is 79.9. The largest absolute Gasteiger partial charge is 0.466 e. The van der Waals surface area contributed by atoms with Gasteiger partial charge in [-0.2, -0.15) is 5.26 Å². The number of nitrogens with zero attached hydrogens (tertiary/aromatic N) is 1. The van der Waals surface area contributed by atoms with Crippen molar-refractivity contribution in [1.29, 1.82) is 5.26 Å². The molecule has 90 valence electrons. The normalized spacial score (nSPS) is 9.76. The van der Waals surface area contributed by atoms with Crippen molar-refractivity contribution in [2.24, 2.45) is 0 Å². The monoisotopic (exact) mass is 295 g/mol. The van der Waals surface area contributed by atoms with Crippen molar-refractivity contribution < 1.29 is 9.53 Å². The average Bonchev–Trinajstić information content (AvgIpc) is 2.28. The van der Waals surface area contributed by atoms with Gasteiger partial charge in [0, 0.05) is 5.33 Å². The lowest BCUT2D eigenvalue weighted by molar-refractivity contribution is -0.142. The van der Waals surface area contributed by atoms with Gasteiger partial charge >= 0.3 is 5.97 Å². The summed E-state index contributed by atoms with van der Waals surface area (Å²) >= 11 is 3.35. The highest BCUT2D eigenvalue weighted by Crippen LogP contribution is 2.19. The molecular weight excluding hydrogens is 282 g/mol. The van der Waals surface area contributed by atoms with Crippen LogP contribution in [0.3, 0.4) is 0 Å². The van der Waals surface area contributed by atoms with E-state index in [-0.39, 0.29) is 12.4 Å². The molecule has 0 aromatic heterocycles. The van der Waals surface area contributed by atoms with E-state index in [0.717, 1.165) is 16.7 Å². The molecule has 0 aliphatic heterocycles. The van der Waals surface area contributed by atoms with Crippen molar-refractivity contribution in [3.63, 3.8) is 0 Å². The first-order valence-electron chi connectivity index (χ1n) is 5.36. The minimum atomic E-state index is -0.239. The van der Waals surface area contributed by atoms with Crippen LogP contribution in [0.1, 0.15) is 29.2 Å². The Balaban J connectivity index is 3.00. The number of esters is 1. The van der Waals surface area contributed by atoms with Crippen molar-refractivity contribution in [3.05, 3.63) is 34.4 Å². The van der Waals surface area contributed by atoms with Crippen molar-refractivity contribution in [1.82, 2.24) is 0 Å². The van der Waals surface area contributed by atoms with Crippen LogP contribution < -0.4 is 0 Å². The molecule has 0 heterocycles. The highest BCUT2D eigenvalue weighted by molar-refractivity contribution is 9.08. The van der Waals surface area contributed by atoms with Crippen LogP contribution in [0.25, 0.3) is 0 Å². The molecule has 0 unspecified atom stereocenters. The Morgan fingerprint density at radius 2 is 2.24 bits per heavy atom. The average molecular weight is 296 g/mol. The zero-order valence-electron chi connectivity index (χ0n) is 9.92. The minimum absolute atomic E-state index is 0.239. The summed E-state index contributed by atoms with van der Waals surface area (Å²) in [5.74, 6) is -0.239. The molecule has 0 saturated carbocycles. The lowest BCUT2D eigenvalue weighted by Crippen LogP contribution is -2.08. The fourth-order valence-corrected chi connectivity index (χ4v) is 2.13. The number of halogens is 1. The van der Waals surface area contributed by atoms with E-state index in [4.69, 9.17) is 10.00 Å². The van der Waals surface area contributed by atoms with Gasteiger partial charge in [0.25, 0.3) is 0 Å². The number of aryl methyl sites for hydroxylation is 1. The molecule has 0 bridgehead atoms. The molecule has 1 aromatic rings. The van der Waals surface area contributed by atoms with Crippen LogP contribution in [0.5, 0.6) is 0 Å².